The fourth-order valence-corrected chi connectivity index (χ4v) is 4.50. The van der Waals surface area contributed by atoms with E-state index in [2.05, 4.69) is 20.9 Å². The SMILES string of the molecule is O=C(CCc1ccccc1)N(Cc1cccnc1)c1nc2ccc(Br)cc2s1. The van der Waals surface area contributed by atoms with Gasteiger partial charge < -0.3 is 0 Å². The molecule has 0 aliphatic carbocycles. The number of rotatable bonds is 6. The Morgan fingerprint density at radius 3 is 2.64 bits per heavy atom. The molecule has 0 fully saturated rings. The maximum Gasteiger partial charge on any atom is 0.229 e. The van der Waals surface area contributed by atoms with Gasteiger partial charge in [0.25, 0.3) is 0 Å². The number of hydrogen-bond acceptors (Lipinski definition) is 4. The molecule has 0 unspecified atom stereocenters. The average molecular weight is 452 g/mol. The number of aromatic nitrogens is 2. The Hall–Kier alpha value is -2.57. The fraction of sp³-hybridized carbons (Fsp3) is 0.136. The Kier molecular flexibility index (Phi) is 5.78. The summed E-state index contributed by atoms with van der Waals surface area (Å²) < 4.78 is 2.06. The predicted molar refractivity (Wildman–Crippen MR) is 118 cm³/mol. The second kappa shape index (κ2) is 8.63. The number of hydrogen-bond donors (Lipinski definition) is 0. The van der Waals surface area contributed by atoms with Crippen molar-refractivity contribution in [1.29, 1.82) is 0 Å². The second-order valence-electron chi connectivity index (χ2n) is 6.44. The van der Waals surface area contributed by atoms with Gasteiger partial charge in [0.05, 0.1) is 16.8 Å². The predicted octanol–water partition coefficient (Wildman–Crippen LogP) is 5.62. The van der Waals surface area contributed by atoms with Crippen LogP contribution in [-0.4, -0.2) is 15.9 Å². The first-order valence-electron chi connectivity index (χ1n) is 8.98. The van der Waals surface area contributed by atoms with Crippen LogP contribution >= 0.6 is 27.3 Å². The van der Waals surface area contributed by atoms with Crippen LogP contribution < -0.4 is 4.90 Å². The van der Waals surface area contributed by atoms with Crippen LogP contribution in [-0.2, 0) is 17.8 Å². The number of pyridine rings is 1. The van der Waals surface area contributed by atoms with Crippen molar-refractivity contribution < 1.29 is 4.79 Å². The Morgan fingerprint density at radius 2 is 1.86 bits per heavy atom. The van der Waals surface area contributed by atoms with E-state index in [1.165, 1.54) is 11.3 Å². The van der Waals surface area contributed by atoms with Gasteiger partial charge in [0.2, 0.25) is 5.91 Å². The van der Waals surface area contributed by atoms with E-state index in [0.717, 1.165) is 30.9 Å². The molecule has 2 aromatic carbocycles. The van der Waals surface area contributed by atoms with E-state index in [1.54, 1.807) is 17.3 Å². The third-order valence-electron chi connectivity index (χ3n) is 4.40. The van der Waals surface area contributed by atoms with Crippen LogP contribution in [0.15, 0.2) is 77.5 Å². The van der Waals surface area contributed by atoms with Crippen LogP contribution in [0.4, 0.5) is 5.13 Å². The van der Waals surface area contributed by atoms with Gasteiger partial charge in [0.1, 0.15) is 0 Å². The molecule has 0 bridgehead atoms. The van der Waals surface area contributed by atoms with Crippen molar-refractivity contribution >= 4 is 48.5 Å². The molecule has 1 amide bonds. The molecule has 4 aromatic rings. The third kappa shape index (κ3) is 4.46. The first-order valence-corrected chi connectivity index (χ1v) is 10.6. The molecule has 28 heavy (non-hydrogen) atoms. The van der Waals surface area contributed by atoms with Crippen molar-refractivity contribution in [3.63, 3.8) is 0 Å². The van der Waals surface area contributed by atoms with Gasteiger partial charge in [-0.3, -0.25) is 14.7 Å². The molecule has 0 radical (unpaired) electrons. The van der Waals surface area contributed by atoms with Gasteiger partial charge in [-0.2, -0.15) is 0 Å². The summed E-state index contributed by atoms with van der Waals surface area (Å²) in [4.78, 5) is 23.8. The summed E-state index contributed by atoms with van der Waals surface area (Å²) in [7, 11) is 0. The van der Waals surface area contributed by atoms with Gasteiger partial charge in [-0.25, -0.2) is 4.98 Å². The van der Waals surface area contributed by atoms with E-state index < -0.39 is 0 Å². The Labute approximate surface area is 176 Å². The molecule has 0 aliphatic rings. The van der Waals surface area contributed by atoms with Crippen LogP contribution in [0.1, 0.15) is 17.5 Å². The van der Waals surface area contributed by atoms with E-state index in [0.29, 0.717) is 19.4 Å². The number of aryl methyl sites for hydroxylation is 1. The van der Waals surface area contributed by atoms with Gasteiger partial charge in [0.15, 0.2) is 5.13 Å². The summed E-state index contributed by atoms with van der Waals surface area (Å²) in [5.41, 5.74) is 3.04. The molecule has 0 N–H and O–H groups in total. The summed E-state index contributed by atoms with van der Waals surface area (Å²) >= 11 is 5.03. The number of nitrogens with zero attached hydrogens (tertiary/aromatic N) is 3. The van der Waals surface area contributed by atoms with E-state index in [9.17, 15) is 4.79 Å². The Morgan fingerprint density at radius 1 is 1.04 bits per heavy atom. The highest BCUT2D eigenvalue weighted by Gasteiger charge is 2.20. The lowest BCUT2D eigenvalue weighted by atomic mass is 10.1. The highest BCUT2D eigenvalue weighted by atomic mass is 79.9. The Bertz CT molecular complexity index is 1080. The van der Waals surface area contributed by atoms with Gasteiger partial charge in [-0.05, 0) is 41.8 Å². The fourth-order valence-electron chi connectivity index (χ4n) is 2.97. The number of fused-ring (bicyclic) bond motifs is 1. The number of carbonyl (C=O) groups excluding carboxylic acids is 1. The smallest absolute Gasteiger partial charge is 0.229 e. The minimum absolute atomic E-state index is 0.0610. The van der Waals surface area contributed by atoms with Crippen molar-refractivity contribution in [2.45, 2.75) is 19.4 Å². The zero-order valence-corrected chi connectivity index (χ0v) is 17.5. The van der Waals surface area contributed by atoms with Crippen LogP contribution in [0.25, 0.3) is 10.2 Å². The molecule has 0 saturated heterocycles. The molecule has 4 nitrogen and oxygen atoms in total. The third-order valence-corrected chi connectivity index (χ3v) is 5.94. The quantitative estimate of drug-likeness (QED) is 0.382. The van der Waals surface area contributed by atoms with Crippen molar-refractivity contribution in [3.8, 4) is 0 Å². The zero-order chi connectivity index (χ0) is 19.3. The summed E-state index contributed by atoms with van der Waals surface area (Å²) in [6, 6.07) is 19.9. The highest BCUT2D eigenvalue weighted by Crippen LogP contribution is 2.32. The number of carbonyl (C=O) groups is 1. The first kappa shape index (κ1) is 18.8. The maximum atomic E-state index is 13.1. The molecule has 0 aliphatic heterocycles. The molecule has 2 aromatic heterocycles. The monoisotopic (exact) mass is 451 g/mol. The molecule has 4 rings (SSSR count). The molecular weight excluding hydrogens is 434 g/mol. The molecule has 0 spiro atoms. The van der Waals surface area contributed by atoms with Crippen molar-refractivity contribution in [2.75, 3.05) is 4.90 Å². The van der Waals surface area contributed by atoms with Gasteiger partial charge >= 0.3 is 0 Å². The first-order chi connectivity index (χ1) is 13.7. The van der Waals surface area contributed by atoms with E-state index >= 15 is 0 Å². The number of benzene rings is 2. The largest absolute Gasteiger partial charge is 0.284 e. The molecule has 0 atom stereocenters. The molecule has 6 heteroatoms. The summed E-state index contributed by atoms with van der Waals surface area (Å²) in [5.74, 6) is 0.0610. The van der Waals surface area contributed by atoms with E-state index in [-0.39, 0.29) is 5.91 Å². The number of anilines is 1. The van der Waals surface area contributed by atoms with Crippen LogP contribution in [0.2, 0.25) is 0 Å². The second-order valence-corrected chi connectivity index (χ2v) is 8.36. The number of thiazole rings is 1. The maximum absolute atomic E-state index is 13.1. The lowest BCUT2D eigenvalue weighted by Crippen LogP contribution is -2.30. The van der Waals surface area contributed by atoms with Crippen molar-refractivity contribution in [3.05, 3.63) is 88.7 Å². The van der Waals surface area contributed by atoms with Gasteiger partial charge in [0, 0.05) is 23.3 Å². The lowest BCUT2D eigenvalue weighted by Gasteiger charge is -2.20. The molecule has 0 saturated carbocycles. The minimum Gasteiger partial charge on any atom is -0.284 e. The van der Waals surface area contributed by atoms with E-state index in [1.807, 2.05) is 60.7 Å². The highest BCUT2D eigenvalue weighted by molar-refractivity contribution is 9.10. The summed E-state index contributed by atoms with van der Waals surface area (Å²) in [6.07, 6.45) is 4.67. The standard InChI is InChI=1S/C22H18BrN3OS/c23-18-9-10-19-20(13-18)28-22(25-19)26(15-17-7-4-12-24-14-17)21(27)11-8-16-5-2-1-3-6-16/h1-7,9-10,12-14H,8,11,15H2. The van der Waals surface area contributed by atoms with E-state index in [4.69, 9.17) is 4.98 Å². The summed E-state index contributed by atoms with van der Waals surface area (Å²) in [6.45, 7) is 0.461. The van der Waals surface area contributed by atoms with Crippen LogP contribution in [0.5, 0.6) is 0 Å². The normalized spacial score (nSPS) is 10.9. The Balaban J connectivity index is 1.61. The summed E-state index contributed by atoms with van der Waals surface area (Å²) in [5, 5.41) is 0.718. The average Bonchev–Trinajstić information content (AvgIpc) is 3.14. The van der Waals surface area contributed by atoms with Crippen LogP contribution in [0.3, 0.4) is 0 Å². The van der Waals surface area contributed by atoms with Gasteiger partial charge in [-0.1, -0.05) is 63.7 Å². The number of halogens is 1. The minimum atomic E-state index is 0.0610. The number of amides is 1. The van der Waals surface area contributed by atoms with Crippen LogP contribution in [0, 0.1) is 0 Å². The molecule has 2 heterocycles. The zero-order valence-electron chi connectivity index (χ0n) is 15.1. The topological polar surface area (TPSA) is 46.1 Å². The molecule has 140 valence electrons. The van der Waals surface area contributed by atoms with Crippen molar-refractivity contribution in [1.82, 2.24) is 9.97 Å². The molecular formula is C22H18BrN3OS. The van der Waals surface area contributed by atoms with Gasteiger partial charge in [-0.15, -0.1) is 0 Å². The lowest BCUT2D eigenvalue weighted by molar-refractivity contribution is -0.118. The van der Waals surface area contributed by atoms with Crippen molar-refractivity contribution in [2.24, 2.45) is 0 Å².